The number of amides is 1. The molecule has 0 aliphatic carbocycles. The van der Waals surface area contributed by atoms with Gasteiger partial charge < -0.3 is 25.0 Å². The SMILES string of the molecule is C=CC(=O)Nc1cc(Nc2cc(N3OCC[C@@H]3c3cccc(Cl)c3)ncn2)c(OC)cc1N1C[C@@H]2C[C@H]1CO2. The number of nitrogens with zero attached hydrogens (tertiary/aromatic N) is 4. The molecule has 202 valence electrons. The standard InChI is InChI=1S/C28H29ClN6O4/c1-3-28(36)33-21-11-22(25(37-2)12-24(21)34-14-20-10-19(34)15-38-20)32-26-13-27(31-16-30-26)35-23(7-8-39-35)17-5-4-6-18(29)9-17/h3-6,9,11-13,16,19-20,23H,1,7-8,10,14-15H2,2H3,(H,33,36)(H,30,31,32)/t19-,20-,23+/m0/s1. The van der Waals surface area contributed by atoms with Crippen molar-refractivity contribution in [1.29, 1.82) is 0 Å². The van der Waals surface area contributed by atoms with E-state index in [1.54, 1.807) is 12.2 Å². The molecule has 10 nitrogen and oxygen atoms in total. The van der Waals surface area contributed by atoms with Gasteiger partial charge in [-0.3, -0.25) is 9.63 Å². The third kappa shape index (κ3) is 5.10. The predicted octanol–water partition coefficient (Wildman–Crippen LogP) is 4.87. The average Bonchev–Trinajstić information content (AvgIpc) is 3.71. The second-order valence-electron chi connectivity index (χ2n) is 9.67. The molecule has 11 heteroatoms. The number of hydrogen-bond donors (Lipinski definition) is 2. The van der Waals surface area contributed by atoms with Gasteiger partial charge >= 0.3 is 0 Å². The molecular weight excluding hydrogens is 520 g/mol. The number of hydroxylamine groups is 1. The number of fused-ring (bicyclic) bond motifs is 2. The first-order valence-electron chi connectivity index (χ1n) is 12.8. The molecule has 2 bridgehead atoms. The molecular formula is C28H29ClN6O4. The molecule has 3 aliphatic heterocycles. The van der Waals surface area contributed by atoms with Crippen LogP contribution in [0.3, 0.4) is 0 Å². The summed E-state index contributed by atoms with van der Waals surface area (Å²) in [6.07, 6.45) is 4.71. The van der Waals surface area contributed by atoms with Crippen molar-refractivity contribution in [3.63, 3.8) is 0 Å². The van der Waals surface area contributed by atoms with Crippen molar-refractivity contribution >= 4 is 46.2 Å². The number of rotatable bonds is 8. The molecule has 1 amide bonds. The van der Waals surface area contributed by atoms with Crippen molar-refractivity contribution in [2.24, 2.45) is 0 Å². The molecule has 39 heavy (non-hydrogen) atoms. The van der Waals surface area contributed by atoms with Crippen molar-refractivity contribution in [2.45, 2.75) is 31.0 Å². The predicted molar refractivity (Wildman–Crippen MR) is 150 cm³/mol. The van der Waals surface area contributed by atoms with Gasteiger partial charge in [-0.05, 0) is 36.3 Å². The van der Waals surface area contributed by atoms with Gasteiger partial charge in [0.1, 0.15) is 17.9 Å². The zero-order valence-corrected chi connectivity index (χ0v) is 22.2. The molecule has 3 aliphatic rings. The fraction of sp³-hybridized carbons (Fsp3) is 0.321. The summed E-state index contributed by atoms with van der Waals surface area (Å²) in [5.74, 6) is 1.47. The van der Waals surface area contributed by atoms with E-state index in [9.17, 15) is 4.79 Å². The number of carbonyl (C=O) groups is 1. The van der Waals surface area contributed by atoms with Crippen LogP contribution in [0.2, 0.25) is 5.02 Å². The van der Waals surface area contributed by atoms with E-state index >= 15 is 0 Å². The van der Waals surface area contributed by atoms with E-state index in [1.807, 2.05) is 42.5 Å². The summed E-state index contributed by atoms with van der Waals surface area (Å²) in [6, 6.07) is 13.6. The van der Waals surface area contributed by atoms with E-state index < -0.39 is 0 Å². The van der Waals surface area contributed by atoms with Crippen LogP contribution in [0.25, 0.3) is 0 Å². The average molecular weight is 549 g/mol. The number of benzene rings is 2. The number of halogens is 1. The van der Waals surface area contributed by atoms with Gasteiger partial charge in [0.05, 0.1) is 55.6 Å². The maximum absolute atomic E-state index is 12.3. The Hall–Kier alpha value is -3.86. The van der Waals surface area contributed by atoms with Crippen LogP contribution >= 0.6 is 11.6 Å². The minimum atomic E-state index is -0.296. The van der Waals surface area contributed by atoms with E-state index in [1.165, 1.54) is 12.4 Å². The number of nitrogens with one attached hydrogen (secondary N) is 2. The Morgan fingerprint density at radius 2 is 2.13 bits per heavy atom. The third-order valence-electron chi connectivity index (χ3n) is 7.25. The number of hydrogen-bond acceptors (Lipinski definition) is 9. The fourth-order valence-corrected chi connectivity index (χ4v) is 5.64. The second kappa shape index (κ2) is 10.7. The normalized spacial score (nSPS) is 21.7. The number of anilines is 5. The molecule has 1 aromatic heterocycles. The Morgan fingerprint density at radius 1 is 1.23 bits per heavy atom. The highest BCUT2D eigenvalue weighted by Gasteiger charge is 2.40. The lowest BCUT2D eigenvalue weighted by atomic mass is 10.0. The van der Waals surface area contributed by atoms with E-state index in [0.717, 1.165) is 30.6 Å². The summed E-state index contributed by atoms with van der Waals surface area (Å²) in [7, 11) is 1.62. The first-order chi connectivity index (χ1) is 19.0. The minimum Gasteiger partial charge on any atom is -0.494 e. The lowest BCUT2D eigenvalue weighted by Gasteiger charge is -2.31. The van der Waals surface area contributed by atoms with Gasteiger partial charge in [-0.2, -0.15) is 0 Å². The molecule has 2 N–H and O–H groups in total. The van der Waals surface area contributed by atoms with Crippen LogP contribution in [0.1, 0.15) is 24.4 Å². The number of morpholine rings is 1. The first kappa shape index (κ1) is 25.4. The zero-order chi connectivity index (χ0) is 26.9. The van der Waals surface area contributed by atoms with Crippen LogP contribution in [0.4, 0.5) is 28.7 Å². The lowest BCUT2D eigenvalue weighted by molar-refractivity contribution is -0.111. The van der Waals surface area contributed by atoms with Gasteiger partial charge in [-0.15, -0.1) is 0 Å². The summed E-state index contributed by atoms with van der Waals surface area (Å²) in [4.78, 5) is 29.4. The molecule has 6 rings (SSSR count). The quantitative estimate of drug-likeness (QED) is 0.382. The monoisotopic (exact) mass is 548 g/mol. The molecule has 0 spiro atoms. The largest absolute Gasteiger partial charge is 0.494 e. The summed E-state index contributed by atoms with van der Waals surface area (Å²) in [5, 5.41) is 8.75. The fourth-order valence-electron chi connectivity index (χ4n) is 5.44. The lowest BCUT2D eigenvalue weighted by Crippen LogP contribution is -2.37. The minimum absolute atomic E-state index is 0.0271. The summed E-state index contributed by atoms with van der Waals surface area (Å²) in [5.41, 5.74) is 3.21. The van der Waals surface area contributed by atoms with Gasteiger partial charge in [-0.1, -0.05) is 30.3 Å². The van der Waals surface area contributed by atoms with Crippen molar-refractivity contribution in [3.8, 4) is 5.75 Å². The maximum Gasteiger partial charge on any atom is 0.247 e. The van der Waals surface area contributed by atoms with E-state index in [2.05, 4.69) is 32.1 Å². The molecule has 0 unspecified atom stereocenters. The van der Waals surface area contributed by atoms with Crippen molar-refractivity contribution in [1.82, 2.24) is 9.97 Å². The van der Waals surface area contributed by atoms with E-state index in [0.29, 0.717) is 47.0 Å². The van der Waals surface area contributed by atoms with E-state index in [4.69, 9.17) is 25.9 Å². The zero-order valence-electron chi connectivity index (χ0n) is 21.5. The topological polar surface area (TPSA) is 101 Å². The number of methoxy groups -OCH3 is 1. The Labute approximate surface area is 231 Å². The molecule has 3 atom stereocenters. The summed E-state index contributed by atoms with van der Waals surface area (Å²) in [6.45, 7) is 5.59. The van der Waals surface area contributed by atoms with Crippen molar-refractivity contribution < 1.29 is 19.1 Å². The van der Waals surface area contributed by atoms with Gasteiger partial charge in [0.2, 0.25) is 5.91 Å². The van der Waals surface area contributed by atoms with Crippen molar-refractivity contribution in [3.05, 3.63) is 72.0 Å². The van der Waals surface area contributed by atoms with Crippen LogP contribution in [0.15, 0.2) is 61.4 Å². The van der Waals surface area contributed by atoms with Gasteiger partial charge in [0, 0.05) is 30.1 Å². The van der Waals surface area contributed by atoms with Crippen LogP contribution in [-0.4, -0.2) is 54.9 Å². The molecule has 0 saturated carbocycles. The number of carbonyl (C=O) groups excluding carboxylic acids is 1. The highest BCUT2D eigenvalue weighted by molar-refractivity contribution is 6.30. The molecule has 2 aromatic carbocycles. The number of aromatic nitrogens is 2. The maximum atomic E-state index is 12.3. The van der Waals surface area contributed by atoms with Gasteiger partial charge in [0.15, 0.2) is 5.82 Å². The van der Waals surface area contributed by atoms with Crippen molar-refractivity contribution in [2.75, 3.05) is 47.5 Å². The van der Waals surface area contributed by atoms with Crippen LogP contribution in [0.5, 0.6) is 5.75 Å². The van der Waals surface area contributed by atoms with Crippen LogP contribution in [-0.2, 0) is 14.4 Å². The first-order valence-corrected chi connectivity index (χ1v) is 13.2. The smallest absolute Gasteiger partial charge is 0.247 e. The molecule has 3 saturated heterocycles. The highest BCUT2D eigenvalue weighted by Crippen LogP contribution is 2.43. The van der Waals surface area contributed by atoms with Crippen LogP contribution < -0.4 is 25.3 Å². The number of ether oxygens (including phenoxy) is 2. The summed E-state index contributed by atoms with van der Waals surface area (Å²) >= 11 is 6.24. The Balaban J connectivity index is 1.30. The highest BCUT2D eigenvalue weighted by atomic mass is 35.5. The summed E-state index contributed by atoms with van der Waals surface area (Å²) < 4.78 is 11.5. The Kier molecular flexibility index (Phi) is 6.99. The molecule has 4 heterocycles. The van der Waals surface area contributed by atoms with Crippen LogP contribution in [0, 0.1) is 0 Å². The molecule has 3 fully saturated rings. The Bertz CT molecular complexity index is 1400. The Morgan fingerprint density at radius 3 is 2.87 bits per heavy atom. The van der Waals surface area contributed by atoms with E-state index in [-0.39, 0.29) is 24.1 Å². The van der Waals surface area contributed by atoms with Gasteiger partial charge in [-0.25, -0.2) is 15.0 Å². The molecule has 0 radical (unpaired) electrons. The third-order valence-corrected chi connectivity index (χ3v) is 7.49. The molecule has 3 aromatic rings. The second-order valence-corrected chi connectivity index (χ2v) is 10.1. The van der Waals surface area contributed by atoms with Gasteiger partial charge in [0.25, 0.3) is 0 Å².